The number of aryl methyl sites for hydroxylation is 1. The van der Waals surface area contributed by atoms with Crippen molar-refractivity contribution in [2.24, 2.45) is 0 Å². The standard InChI is InChI=1S/C17H24N2O2/c1-12-7-6-10-16(13(12)2)18-17(21)11-19(14(3)20)15-8-4-5-9-15/h6-7,10,15H,4-5,8-9,11H2,1-3H3,(H,18,21). The number of benzene rings is 1. The van der Waals surface area contributed by atoms with E-state index >= 15 is 0 Å². The summed E-state index contributed by atoms with van der Waals surface area (Å²) in [5.74, 6) is -0.135. The third-order valence-electron chi connectivity index (χ3n) is 4.36. The fraction of sp³-hybridized carbons (Fsp3) is 0.529. The lowest BCUT2D eigenvalue weighted by molar-refractivity contribution is -0.135. The lowest BCUT2D eigenvalue weighted by atomic mass is 10.1. The zero-order valence-electron chi connectivity index (χ0n) is 13.1. The Balaban J connectivity index is 2.02. The molecule has 2 rings (SSSR count). The van der Waals surface area contributed by atoms with Gasteiger partial charge in [-0.05, 0) is 43.9 Å². The molecular formula is C17H24N2O2. The molecule has 4 heteroatoms. The third-order valence-corrected chi connectivity index (χ3v) is 4.36. The normalized spacial score (nSPS) is 15.0. The van der Waals surface area contributed by atoms with Gasteiger partial charge < -0.3 is 10.2 Å². The smallest absolute Gasteiger partial charge is 0.244 e. The van der Waals surface area contributed by atoms with Gasteiger partial charge in [-0.25, -0.2) is 0 Å². The summed E-state index contributed by atoms with van der Waals surface area (Å²) < 4.78 is 0. The highest BCUT2D eigenvalue weighted by Gasteiger charge is 2.26. The highest BCUT2D eigenvalue weighted by Crippen LogP contribution is 2.24. The second-order valence-corrected chi connectivity index (χ2v) is 5.88. The van der Waals surface area contributed by atoms with E-state index in [9.17, 15) is 9.59 Å². The fourth-order valence-electron chi connectivity index (χ4n) is 2.94. The summed E-state index contributed by atoms with van der Waals surface area (Å²) in [6.45, 7) is 5.70. The zero-order valence-corrected chi connectivity index (χ0v) is 13.1. The van der Waals surface area contributed by atoms with Crippen molar-refractivity contribution in [1.82, 2.24) is 4.90 Å². The van der Waals surface area contributed by atoms with Crippen LogP contribution in [0.25, 0.3) is 0 Å². The average Bonchev–Trinajstić information content (AvgIpc) is 2.95. The van der Waals surface area contributed by atoms with Crippen LogP contribution in [0.3, 0.4) is 0 Å². The van der Waals surface area contributed by atoms with Crippen LogP contribution in [0.15, 0.2) is 18.2 Å². The number of carbonyl (C=O) groups excluding carboxylic acids is 2. The van der Waals surface area contributed by atoms with Gasteiger partial charge in [0.15, 0.2) is 0 Å². The van der Waals surface area contributed by atoms with Gasteiger partial charge in [-0.2, -0.15) is 0 Å². The number of amides is 2. The van der Waals surface area contributed by atoms with Crippen LogP contribution in [0.1, 0.15) is 43.7 Å². The SMILES string of the molecule is CC(=O)N(CC(=O)Nc1cccc(C)c1C)C1CCCC1. The summed E-state index contributed by atoms with van der Waals surface area (Å²) in [5.41, 5.74) is 3.04. The summed E-state index contributed by atoms with van der Waals surface area (Å²) in [5, 5.41) is 2.93. The van der Waals surface area contributed by atoms with E-state index in [4.69, 9.17) is 0 Å². The molecule has 0 aromatic heterocycles. The van der Waals surface area contributed by atoms with E-state index in [1.165, 1.54) is 0 Å². The molecule has 1 aromatic rings. The van der Waals surface area contributed by atoms with Crippen molar-refractivity contribution in [3.05, 3.63) is 29.3 Å². The van der Waals surface area contributed by atoms with E-state index in [1.54, 1.807) is 11.8 Å². The first-order chi connectivity index (χ1) is 9.99. The quantitative estimate of drug-likeness (QED) is 0.925. The molecule has 0 radical (unpaired) electrons. The van der Waals surface area contributed by atoms with Crippen LogP contribution in [0, 0.1) is 13.8 Å². The number of hydrogen-bond acceptors (Lipinski definition) is 2. The Labute approximate surface area is 126 Å². The van der Waals surface area contributed by atoms with Gasteiger partial charge in [-0.1, -0.05) is 25.0 Å². The second-order valence-electron chi connectivity index (χ2n) is 5.88. The molecule has 1 aliphatic rings. The Morgan fingerprint density at radius 1 is 1.24 bits per heavy atom. The van der Waals surface area contributed by atoms with Gasteiger partial charge in [-0.3, -0.25) is 9.59 Å². The van der Waals surface area contributed by atoms with E-state index in [0.717, 1.165) is 42.5 Å². The number of rotatable bonds is 4. The van der Waals surface area contributed by atoms with Crippen LogP contribution >= 0.6 is 0 Å². The van der Waals surface area contributed by atoms with Gasteiger partial charge >= 0.3 is 0 Å². The van der Waals surface area contributed by atoms with E-state index in [1.807, 2.05) is 32.0 Å². The topological polar surface area (TPSA) is 49.4 Å². The van der Waals surface area contributed by atoms with Crippen molar-refractivity contribution in [2.75, 3.05) is 11.9 Å². The minimum absolute atomic E-state index is 0.0157. The monoisotopic (exact) mass is 288 g/mol. The molecule has 0 saturated heterocycles. The van der Waals surface area contributed by atoms with Crippen LogP contribution in [0.4, 0.5) is 5.69 Å². The van der Waals surface area contributed by atoms with E-state index in [0.29, 0.717) is 0 Å². The van der Waals surface area contributed by atoms with Crippen LogP contribution in [0.2, 0.25) is 0 Å². The van der Waals surface area contributed by atoms with Crippen molar-refractivity contribution in [1.29, 1.82) is 0 Å². The molecule has 4 nitrogen and oxygen atoms in total. The molecule has 1 fully saturated rings. The van der Waals surface area contributed by atoms with Gasteiger partial charge in [-0.15, -0.1) is 0 Å². The van der Waals surface area contributed by atoms with Crippen LogP contribution in [0.5, 0.6) is 0 Å². The van der Waals surface area contributed by atoms with Crippen LogP contribution in [-0.4, -0.2) is 29.3 Å². The lowest BCUT2D eigenvalue weighted by Crippen LogP contribution is -2.42. The van der Waals surface area contributed by atoms with Crippen molar-refractivity contribution in [3.63, 3.8) is 0 Å². The van der Waals surface area contributed by atoms with E-state index in [-0.39, 0.29) is 24.4 Å². The molecule has 21 heavy (non-hydrogen) atoms. The highest BCUT2D eigenvalue weighted by molar-refractivity contribution is 5.95. The summed E-state index contributed by atoms with van der Waals surface area (Å²) in [7, 11) is 0. The molecule has 0 unspecified atom stereocenters. The molecule has 1 N–H and O–H groups in total. The lowest BCUT2D eigenvalue weighted by Gasteiger charge is -2.27. The molecule has 0 heterocycles. The zero-order chi connectivity index (χ0) is 15.4. The van der Waals surface area contributed by atoms with Crippen molar-refractivity contribution in [3.8, 4) is 0 Å². The number of carbonyl (C=O) groups is 2. The van der Waals surface area contributed by atoms with Crippen molar-refractivity contribution < 1.29 is 9.59 Å². The number of nitrogens with zero attached hydrogens (tertiary/aromatic N) is 1. The minimum atomic E-state index is -0.120. The molecular weight excluding hydrogens is 264 g/mol. The van der Waals surface area contributed by atoms with E-state index < -0.39 is 0 Å². The Morgan fingerprint density at radius 2 is 1.90 bits per heavy atom. The Bertz CT molecular complexity index is 534. The minimum Gasteiger partial charge on any atom is -0.331 e. The third kappa shape index (κ3) is 3.84. The number of hydrogen-bond donors (Lipinski definition) is 1. The summed E-state index contributed by atoms with van der Waals surface area (Å²) in [6.07, 6.45) is 4.31. The second kappa shape index (κ2) is 6.74. The first-order valence-corrected chi connectivity index (χ1v) is 7.62. The van der Waals surface area contributed by atoms with Crippen molar-refractivity contribution in [2.45, 2.75) is 52.5 Å². The Hall–Kier alpha value is -1.84. The van der Waals surface area contributed by atoms with Crippen LogP contribution in [-0.2, 0) is 9.59 Å². The van der Waals surface area contributed by atoms with Gasteiger partial charge in [0.1, 0.15) is 6.54 Å². The molecule has 2 amide bonds. The molecule has 1 aromatic carbocycles. The van der Waals surface area contributed by atoms with Gasteiger partial charge in [0.25, 0.3) is 0 Å². The molecule has 0 bridgehead atoms. The van der Waals surface area contributed by atoms with Crippen molar-refractivity contribution >= 4 is 17.5 Å². The Morgan fingerprint density at radius 3 is 2.52 bits per heavy atom. The van der Waals surface area contributed by atoms with Gasteiger partial charge in [0.05, 0.1) is 0 Å². The molecule has 1 saturated carbocycles. The maximum atomic E-state index is 12.2. The summed E-state index contributed by atoms with van der Waals surface area (Å²) in [6, 6.07) is 6.07. The predicted molar refractivity (Wildman–Crippen MR) is 84.2 cm³/mol. The molecule has 1 aliphatic carbocycles. The Kier molecular flexibility index (Phi) is 4.99. The number of nitrogens with one attached hydrogen (secondary N) is 1. The van der Waals surface area contributed by atoms with Gasteiger partial charge in [0, 0.05) is 18.7 Å². The molecule has 0 atom stereocenters. The number of anilines is 1. The first kappa shape index (κ1) is 15.5. The van der Waals surface area contributed by atoms with E-state index in [2.05, 4.69) is 5.32 Å². The molecule has 114 valence electrons. The average molecular weight is 288 g/mol. The predicted octanol–water partition coefficient (Wildman–Crippen LogP) is 3.03. The highest BCUT2D eigenvalue weighted by atomic mass is 16.2. The fourth-order valence-corrected chi connectivity index (χ4v) is 2.94. The molecule has 0 aliphatic heterocycles. The van der Waals surface area contributed by atoms with Crippen LogP contribution < -0.4 is 5.32 Å². The summed E-state index contributed by atoms with van der Waals surface area (Å²) in [4.78, 5) is 25.7. The first-order valence-electron chi connectivity index (χ1n) is 7.62. The largest absolute Gasteiger partial charge is 0.331 e. The maximum absolute atomic E-state index is 12.2. The molecule has 0 spiro atoms. The van der Waals surface area contributed by atoms with Gasteiger partial charge in [0.2, 0.25) is 11.8 Å². The maximum Gasteiger partial charge on any atom is 0.244 e. The summed E-state index contributed by atoms with van der Waals surface area (Å²) >= 11 is 0.